The monoisotopic (exact) mass is 599 g/mol. The fourth-order valence-electron chi connectivity index (χ4n) is 4.65. The van der Waals surface area contributed by atoms with E-state index >= 15 is 0 Å². The van der Waals surface area contributed by atoms with Gasteiger partial charge in [-0.15, -0.1) is 0 Å². The molecular formula is C30H24Cl3NO6. The van der Waals surface area contributed by atoms with Crippen molar-refractivity contribution in [2.24, 2.45) is 0 Å². The molecule has 206 valence electrons. The Labute approximate surface area is 245 Å². The minimum atomic E-state index is -0.815. The van der Waals surface area contributed by atoms with E-state index in [2.05, 4.69) is 0 Å². The summed E-state index contributed by atoms with van der Waals surface area (Å²) in [4.78, 5) is 37.6. The van der Waals surface area contributed by atoms with Crippen molar-refractivity contribution in [3.63, 3.8) is 0 Å². The number of aldehydes is 1. The molecule has 0 N–H and O–H groups in total. The highest BCUT2D eigenvalue weighted by Gasteiger charge is 2.41. The van der Waals surface area contributed by atoms with Crippen LogP contribution in [0.5, 0.6) is 0 Å². The lowest BCUT2D eigenvalue weighted by molar-refractivity contribution is -0.0560. The van der Waals surface area contributed by atoms with Gasteiger partial charge in [-0.2, -0.15) is 0 Å². The third kappa shape index (κ3) is 5.60. The molecule has 10 heteroatoms. The summed E-state index contributed by atoms with van der Waals surface area (Å²) in [5.74, 6) is -1.08. The summed E-state index contributed by atoms with van der Waals surface area (Å²) in [5.41, 5.74) is 3.51. The van der Waals surface area contributed by atoms with Gasteiger partial charge in [-0.1, -0.05) is 70.2 Å². The number of aromatic nitrogens is 1. The summed E-state index contributed by atoms with van der Waals surface area (Å²) in [6, 6.07) is 17.1. The number of carbonyl (C=O) groups is 3. The summed E-state index contributed by atoms with van der Waals surface area (Å²) in [6.07, 6.45) is -1.56. The largest absolute Gasteiger partial charge is 0.459 e. The summed E-state index contributed by atoms with van der Waals surface area (Å²) in [6.45, 7) is 3.65. The van der Waals surface area contributed by atoms with Gasteiger partial charge in [-0.05, 0) is 50.2 Å². The zero-order valence-electron chi connectivity index (χ0n) is 21.5. The van der Waals surface area contributed by atoms with Crippen molar-refractivity contribution >= 4 is 63.9 Å². The summed E-state index contributed by atoms with van der Waals surface area (Å²) in [5, 5.41) is 1.16. The van der Waals surface area contributed by atoms with E-state index < -0.39 is 30.4 Å². The van der Waals surface area contributed by atoms with Gasteiger partial charge in [-0.25, -0.2) is 9.59 Å². The number of nitrogens with zero attached hydrogens (tertiary/aromatic N) is 1. The van der Waals surface area contributed by atoms with Gasteiger partial charge in [0.25, 0.3) is 0 Å². The Hall–Kier alpha value is -3.36. The topological polar surface area (TPSA) is 83.8 Å². The van der Waals surface area contributed by atoms with Crippen molar-refractivity contribution in [2.45, 2.75) is 38.7 Å². The number of esters is 2. The van der Waals surface area contributed by atoms with Crippen molar-refractivity contribution in [1.82, 2.24) is 4.57 Å². The first-order valence-electron chi connectivity index (χ1n) is 12.5. The van der Waals surface area contributed by atoms with Gasteiger partial charge >= 0.3 is 11.9 Å². The number of hydrogen-bond donors (Lipinski definition) is 0. The minimum absolute atomic E-state index is 0.120. The molecule has 1 aromatic heterocycles. The van der Waals surface area contributed by atoms with Gasteiger partial charge in [0.15, 0.2) is 6.29 Å². The average molecular weight is 601 g/mol. The van der Waals surface area contributed by atoms with Crippen LogP contribution < -0.4 is 0 Å². The third-order valence-electron chi connectivity index (χ3n) is 6.82. The molecule has 7 nitrogen and oxygen atoms in total. The molecule has 0 spiro atoms. The van der Waals surface area contributed by atoms with Crippen LogP contribution in [0.2, 0.25) is 15.2 Å². The van der Waals surface area contributed by atoms with Gasteiger partial charge in [-0.3, -0.25) is 4.79 Å². The molecule has 0 radical (unpaired) electrons. The minimum Gasteiger partial charge on any atom is -0.459 e. The van der Waals surface area contributed by atoms with Crippen LogP contribution in [0, 0.1) is 13.8 Å². The van der Waals surface area contributed by atoms with Crippen molar-refractivity contribution in [1.29, 1.82) is 0 Å². The number of carbonyl (C=O) groups excluding carboxylic acids is 3. The van der Waals surface area contributed by atoms with Crippen molar-refractivity contribution in [3.8, 4) is 0 Å². The SMILES string of the molecule is Cc1ccc(C(=O)OC[C@H]2O[C@@H](n3c(Cl)c(C=O)c4cc(Cl)c(Cl)cc43)C[C@@H]2OC(=O)c2ccc(C)cc2)cc1. The zero-order chi connectivity index (χ0) is 28.6. The molecule has 0 unspecified atom stereocenters. The lowest BCUT2D eigenvalue weighted by Crippen LogP contribution is -2.32. The Morgan fingerprint density at radius 1 is 0.925 bits per heavy atom. The van der Waals surface area contributed by atoms with Crippen molar-refractivity contribution < 1.29 is 28.6 Å². The molecule has 1 fully saturated rings. The summed E-state index contributed by atoms with van der Waals surface area (Å²) in [7, 11) is 0. The molecule has 3 atom stereocenters. The standard InChI is InChI=1S/C30H24Cl3NO6/c1-16-3-7-18(8-4-16)29(36)38-15-26-25(40-30(37)19-9-5-17(2)6-10-19)13-27(39-26)34-24-12-23(32)22(31)11-20(24)21(14-35)28(34)33/h3-12,14,25-27H,13,15H2,1-2H3/t25-,26+,27+/m0/s1. The predicted molar refractivity (Wildman–Crippen MR) is 153 cm³/mol. The van der Waals surface area contributed by atoms with Crippen LogP contribution in [0.4, 0.5) is 0 Å². The first-order valence-corrected chi connectivity index (χ1v) is 13.6. The van der Waals surface area contributed by atoms with E-state index in [1.54, 1.807) is 41.0 Å². The molecule has 1 aliphatic heterocycles. The first-order chi connectivity index (χ1) is 19.2. The van der Waals surface area contributed by atoms with Crippen LogP contribution in [0.1, 0.15) is 54.8 Å². The number of ether oxygens (including phenoxy) is 3. The van der Waals surface area contributed by atoms with E-state index in [4.69, 9.17) is 49.0 Å². The van der Waals surface area contributed by atoms with Crippen LogP contribution in [0.3, 0.4) is 0 Å². The van der Waals surface area contributed by atoms with Gasteiger partial charge in [0.2, 0.25) is 0 Å². The van der Waals surface area contributed by atoms with E-state index in [-0.39, 0.29) is 33.8 Å². The van der Waals surface area contributed by atoms with Crippen LogP contribution in [0.15, 0.2) is 60.7 Å². The van der Waals surface area contributed by atoms with Crippen LogP contribution >= 0.6 is 34.8 Å². The summed E-state index contributed by atoms with van der Waals surface area (Å²) >= 11 is 19.1. The quantitative estimate of drug-likeness (QED) is 0.162. The predicted octanol–water partition coefficient (Wildman–Crippen LogP) is 7.40. The number of halogens is 3. The highest BCUT2D eigenvalue weighted by atomic mass is 35.5. The second kappa shape index (κ2) is 11.6. The number of benzene rings is 3. The fourth-order valence-corrected chi connectivity index (χ4v) is 5.32. The zero-order valence-corrected chi connectivity index (χ0v) is 23.8. The van der Waals surface area contributed by atoms with Crippen molar-refractivity contribution in [2.75, 3.05) is 6.61 Å². The van der Waals surface area contributed by atoms with E-state index in [0.29, 0.717) is 28.3 Å². The number of rotatable bonds is 7. The van der Waals surface area contributed by atoms with Crippen LogP contribution in [-0.4, -0.2) is 41.6 Å². The molecule has 1 saturated heterocycles. The normalized spacial score (nSPS) is 18.6. The Balaban J connectivity index is 1.44. The molecule has 3 aromatic carbocycles. The second-order valence-electron chi connectivity index (χ2n) is 9.61. The molecule has 0 saturated carbocycles. The maximum Gasteiger partial charge on any atom is 0.338 e. The van der Waals surface area contributed by atoms with E-state index in [0.717, 1.165) is 11.1 Å². The van der Waals surface area contributed by atoms with Crippen LogP contribution in [0.25, 0.3) is 10.9 Å². The molecule has 2 heterocycles. The van der Waals surface area contributed by atoms with Crippen LogP contribution in [-0.2, 0) is 14.2 Å². The number of aryl methyl sites for hydroxylation is 2. The Morgan fingerprint density at radius 3 is 2.10 bits per heavy atom. The van der Waals surface area contributed by atoms with E-state index in [9.17, 15) is 14.4 Å². The Kier molecular flexibility index (Phi) is 8.19. The average Bonchev–Trinajstić information content (AvgIpc) is 3.44. The highest BCUT2D eigenvalue weighted by molar-refractivity contribution is 6.43. The molecule has 0 aliphatic carbocycles. The molecule has 1 aliphatic rings. The molecule has 0 bridgehead atoms. The summed E-state index contributed by atoms with van der Waals surface area (Å²) < 4.78 is 19.3. The Bertz CT molecular complexity index is 1600. The molecule has 0 amide bonds. The van der Waals surface area contributed by atoms with Crippen molar-refractivity contribution in [3.05, 3.63) is 104 Å². The van der Waals surface area contributed by atoms with E-state index in [1.807, 2.05) is 38.1 Å². The second-order valence-corrected chi connectivity index (χ2v) is 10.8. The lowest BCUT2D eigenvalue weighted by Gasteiger charge is -2.19. The molecule has 4 aromatic rings. The number of hydrogen-bond acceptors (Lipinski definition) is 6. The van der Waals surface area contributed by atoms with Gasteiger partial charge in [0, 0.05) is 11.8 Å². The smallest absolute Gasteiger partial charge is 0.338 e. The number of fused-ring (bicyclic) bond motifs is 1. The Morgan fingerprint density at radius 2 is 1.50 bits per heavy atom. The molecular weight excluding hydrogens is 577 g/mol. The fraction of sp³-hybridized carbons (Fsp3) is 0.233. The lowest BCUT2D eigenvalue weighted by atomic mass is 10.1. The maximum atomic E-state index is 13.0. The highest BCUT2D eigenvalue weighted by Crippen LogP contribution is 2.41. The van der Waals surface area contributed by atoms with E-state index in [1.165, 1.54) is 0 Å². The maximum absolute atomic E-state index is 13.0. The molecule has 40 heavy (non-hydrogen) atoms. The molecule has 5 rings (SSSR count). The van der Waals surface area contributed by atoms with Gasteiger partial charge in [0.05, 0.1) is 32.3 Å². The first kappa shape index (κ1) is 28.2. The van der Waals surface area contributed by atoms with Gasteiger partial charge < -0.3 is 18.8 Å². The third-order valence-corrected chi connectivity index (χ3v) is 7.93. The van der Waals surface area contributed by atoms with Gasteiger partial charge in [0.1, 0.15) is 30.2 Å².